The molecular weight excluding hydrogens is 613 g/mol. The van der Waals surface area contributed by atoms with Crippen molar-refractivity contribution in [1.82, 2.24) is 9.97 Å². The molecule has 2 nitrogen and oxygen atoms in total. The average Bonchev–Trinajstić information content (AvgIpc) is 3.32. The van der Waals surface area contributed by atoms with Gasteiger partial charge in [-0.3, -0.25) is 0 Å². The van der Waals surface area contributed by atoms with Crippen LogP contribution in [0.1, 0.15) is 22.1 Å². The third-order valence-electron chi connectivity index (χ3n) is 4.95. The molecule has 3 aromatic carbocycles. The first kappa shape index (κ1) is 15.7. The third kappa shape index (κ3) is 5.31. The summed E-state index contributed by atoms with van der Waals surface area (Å²) in [5.74, 6) is 0. The van der Waals surface area contributed by atoms with Crippen molar-refractivity contribution in [3.8, 4) is 22.5 Å². The van der Waals surface area contributed by atoms with Crippen molar-refractivity contribution >= 4 is 31.5 Å². The van der Waals surface area contributed by atoms with E-state index < -0.39 is 13.7 Å². The van der Waals surface area contributed by atoms with E-state index in [1.807, 2.05) is 42.5 Å². The second-order valence-electron chi connectivity index (χ2n) is 7.20. The van der Waals surface area contributed by atoms with Crippen molar-refractivity contribution in [3.63, 3.8) is 0 Å². The van der Waals surface area contributed by atoms with Crippen LogP contribution >= 0.6 is 11.3 Å². The Kier molecular flexibility index (Phi) is 5.00. The molecule has 0 N–H and O–H groups in total. The summed E-state index contributed by atoms with van der Waals surface area (Å²) in [6, 6.07) is 28.3. The van der Waals surface area contributed by atoms with Crippen LogP contribution in [-0.2, 0) is 20.1 Å². The SMILES string of the molecule is [2H]C([2H])([2H])c1ccc(-c2[c-]cccc2)nc1.[2H]c1c(C([2H])([2H])[2H])cnc(-c2[c-]cc3c(c2)sc2ccccc23)c1[2H].[Ir]. The van der Waals surface area contributed by atoms with Crippen molar-refractivity contribution in [3.05, 3.63) is 121 Å². The molecule has 3 heterocycles. The van der Waals surface area contributed by atoms with Gasteiger partial charge in [-0.2, -0.15) is 11.3 Å². The Morgan fingerprint density at radius 1 is 0.765 bits per heavy atom. The van der Waals surface area contributed by atoms with Crippen LogP contribution in [-0.4, -0.2) is 9.97 Å². The predicted molar refractivity (Wildman–Crippen MR) is 139 cm³/mol. The largest absolute Gasteiger partial charge is 0.304 e. The van der Waals surface area contributed by atoms with E-state index in [1.54, 1.807) is 29.5 Å². The van der Waals surface area contributed by atoms with E-state index in [0.29, 0.717) is 5.56 Å². The van der Waals surface area contributed by atoms with E-state index in [9.17, 15) is 0 Å². The Morgan fingerprint density at radius 3 is 2.38 bits per heavy atom. The van der Waals surface area contributed by atoms with Crippen molar-refractivity contribution in [2.24, 2.45) is 0 Å². The van der Waals surface area contributed by atoms with E-state index in [0.717, 1.165) is 26.7 Å². The van der Waals surface area contributed by atoms with Gasteiger partial charge >= 0.3 is 0 Å². The van der Waals surface area contributed by atoms with Crippen molar-refractivity contribution in [2.45, 2.75) is 13.7 Å². The number of hydrogen-bond donors (Lipinski definition) is 0. The van der Waals surface area contributed by atoms with Gasteiger partial charge in [-0.05, 0) is 52.4 Å². The van der Waals surface area contributed by atoms with E-state index in [1.165, 1.54) is 17.1 Å². The number of thiophene rings is 1. The van der Waals surface area contributed by atoms with Crippen LogP contribution in [0.15, 0.2) is 97.3 Å². The Balaban J connectivity index is 0.000000207. The fourth-order valence-electron chi connectivity index (χ4n) is 3.36. The molecule has 169 valence electrons. The molecular formula is C30H22IrN2S-2. The normalized spacial score (nSPS) is 14.6. The zero-order valence-electron chi connectivity index (χ0n) is 25.7. The number of hydrogen-bond acceptors (Lipinski definition) is 3. The van der Waals surface area contributed by atoms with Crippen molar-refractivity contribution in [2.75, 3.05) is 0 Å². The molecule has 6 rings (SSSR count). The molecule has 0 bridgehead atoms. The van der Waals surface area contributed by atoms with Crippen LogP contribution in [0.4, 0.5) is 0 Å². The number of fused-ring (bicyclic) bond motifs is 3. The van der Waals surface area contributed by atoms with E-state index in [4.69, 9.17) is 11.0 Å². The fraction of sp³-hybridized carbons (Fsp3) is 0.0667. The van der Waals surface area contributed by atoms with E-state index >= 15 is 0 Å². The van der Waals surface area contributed by atoms with Gasteiger partial charge in [0.15, 0.2) is 0 Å². The third-order valence-corrected chi connectivity index (χ3v) is 6.09. The van der Waals surface area contributed by atoms with Gasteiger partial charge in [0.25, 0.3) is 0 Å². The maximum absolute atomic E-state index is 8.15. The molecule has 34 heavy (non-hydrogen) atoms. The van der Waals surface area contributed by atoms with Gasteiger partial charge in [-0.25, -0.2) is 0 Å². The molecule has 0 amide bonds. The topological polar surface area (TPSA) is 25.8 Å². The first-order valence-electron chi connectivity index (χ1n) is 14.2. The van der Waals surface area contributed by atoms with Crippen LogP contribution in [0.5, 0.6) is 0 Å². The number of nitrogens with zero attached hydrogens (tertiary/aromatic N) is 2. The summed E-state index contributed by atoms with van der Waals surface area (Å²) in [6.07, 6.45) is 2.56. The maximum atomic E-state index is 8.15. The Bertz CT molecular complexity index is 1830. The van der Waals surface area contributed by atoms with Gasteiger partial charge in [0, 0.05) is 45.4 Å². The van der Waals surface area contributed by atoms with Gasteiger partial charge in [-0.15, -0.1) is 59.7 Å². The van der Waals surface area contributed by atoms with Crippen molar-refractivity contribution in [1.29, 1.82) is 0 Å². The van der Waals surface area contributed by atoms with Crippen molar-refractivity contribution < 1.29 is 31.1 Å². The number of pyridine rings is 2. The van der Waals surface area contributed by atoms with E-state index in [-0.39, 0.29) is 49.0 Å². The first-order chi connectivity index (χ1) is 19.4. The molecule has 3 aromatic heterocycles. The molecule has 0 atom stereocenters. The standard InChI is InChI=1S/C18H12NS.C12H10N.Ir/c1-12-6-9-16(19-11-12)13-7-8-15-14-4-2-3-5-17(14)20-18(15)10-13;1-10-7-8-12(13-9-10)11-5-3-2-4-6-11;/h2-6,8-11H,1H3;2-5,7-9H,1H3;/q2*-1;/i1D3,6D,9D;1D3;. The quantitative estimate of drug-likeness (QED) is 0.179. The smallest absolute Gasteiger partial charge is 0.0618 e. The molecule has 0 unspecified atom stereocenters. The van der Waals surface area contributed by atoms with Crippen LogP contribution in [0.3, 0.4) is 0 Å². The number of aromatic nitrogens is 2. The minimum atomic E-state index is -2.45. The van der Waals surface area contributed by atoms with Gasteiger partial charge in [0.1, 0.15) is 0 Å². The summed E-state index contributed by atoms with van der Waals surface area (Å²) in [5.41, 5.74) is 2.51. The van der Waals surface area contributed by atoms with Crippen LogP contribution in [0.25, 0.3) is 42.7 Å². The minimum Gasteiger partial charge on any atom is -0.304 e. The minimum absolute atomic E-state index is 0. The van der Waals surface area contributed by atoms with Gasteiger partial charge in [0.05, 0.1) is 2.74 Å². The predicted octanol–water partition coefficient (Wildman–Crippen LogP) is 8.08. The number of aryl methyl sites for hydroxylation is 2. The molecule has 0 aliphatic heterocycles. The molecule has 6 aromatic rings. The Morgan fingerprint density at radius 2 is 1.59 bits per heavy atom. The van der Waals surface area contributed by atoms with Crippen LogP contribution < -0.4 is 0 Å². The molecule has 0 aliphatic carbocycles. The summed E-state index contributed by atoms with van der Waals surface area (Å²) in [4.78, 5) is 8.27. The summed E-state index contributed by atoms with van der Waals surface area (Å²) >= 11 is 1.64. The number of benzene rings is 3. The summed E-state index contributed by atoms with van der Waals surface area (Å²) in [7, 11) is 0. The Hall–Kier alpha value is -3.17. The summed E-state index contributed by atoms with van der Waals surface area (Å²) in [5, 5.41) is 2.24. The molecule has 0 aliphatic rings. The van der Waals surface area contributed by atoms with Crippen LogP contribution in [0.2, 0.25) is 0 Å². The average molecular weight is 643 g/mol. The number of rotatable bonds is 2. The zero-order valence-corrected chi connectivity index (χ0v) is 20.9. The summed E-state index contributed by atoms with van der Waals surface area (Å²) < 4.78 is 62.4. The molecule has 0 fully saturated rings. The fourth-order valence-corrected chi connectivity index (χ4v) is 4.49. The molecule has 0 saturated carbocycles. The Labute approximate surface area is 228 Å². The molecule has 4 heteroatoms. The summed E-state index contributed by atoms with van der Waals surface area (Å²) in [6.45, 7) is -4.54. The second-order valence-corrected chi connectivity index (χ2v) is 8.29. The van der Waals surface area contributed by atoms with Crippen LogP contribution in [0, 0.1) is 25.8 Å². The molecule has 0 spiro atoms. The molecule has 0 saturated heterocycles. The molecule has 1 radical (unpaired) electrons. The first-order valence-corrected chi connectivity index (χ1v) is 11.0. The second kappa shape index (κ2) is 10.8. The zero-order chi connectivity index (χ0) is 29.4. The van der Waals surface area contributed by atoms with E-state index in [2.05, 4.69) is 34.2 Å². The van der Waals surface area contributed by atoms with Gasteiger partial charge in [0.2, 0.25) is 0 Å². The van der Waals surface area contributed by atoms with Gasteiger partial charge in [-0.1, -0.05) is 47.8 Å². The monoisotopic (exact) mass is 643 g/mol. The van der Waals surface area contributed by atoms with Gasteiger partial charge < -0.3 is 9.97 Å². The maximum Gasteiger partial charge on any atom is 0.0618 e.